The highest BCUT2D eigenvalue weighted by Crippen LogP contribution is 2.26. The van der Waals surface area contributed by atoms with Crippen LogP contribution >= 0.6 is 0 Å². The van der Waals surface area contributed by atoms with Crippen LogP contribution in [0, 0.1) is 11.2 Å². The van der Waals surface area contributed by atoms with E-state index in [0.717, 1.165) is 0 Å². The lowest BCUT2D eigenvalue weighted by Gasteiger charge is -2.28. The number of rotatable bonds is 3. The van der Waals surface area contributed by atoms with Crippen molar-refractivity contribution in [3.63, 3.8) is 0 Å². The van der Waals surface area contributed by atoms with Crippen molar-refractivity contribution < 1.29 is 9.50 Å². The van der Waals surface area contributed by atoms with Crippen molar-refractivity contribution in [3.05, 3.63) is 35.6 Å². The fourth-order valence-electron chi connectivity index (χ4n) is 1.42. The maximum absolute atomic E-state index is 12.7. The van der Waals surface area contributed by atoms with E-state index in [1.165, 1.54) is 12.1 Å². The molecule has 0 aromatic heterocycles. The van der Waals surface area contributed by atoms with Gasteiger partial charge in [0, 0.05) is 6.04 Å². The van der Waals surface area contributed by atoms with Crippen LogP contribution in [0.3, 0.4) is 0 Å². The van der Waals surface area contributed by atoms with Crippen LogP contribution in [0.1, 0.15) is 38.9 Å². The van der Waals surface area contributed by atoms with Gasteiger partial charge in [0.05, 0.1) is 6.10 Å². The summed E-state index contributed by atoms with van der Waals surface area (Å²) in [6, 6.07) is 5.79. The Morgan fingerprint density at radius 2 is 1.75 bits per heavy atom. The lowest BCUT2D eigenvalue weighted by atomic mass is 9.83. The second-order valence-electron chi connectivity index (χ2n) is 5.28. The van der Waals surface area contributed by atoms with E-state index in [2.05, 4.69) is 0 Å². The van der Waals surface area contributed by atoms with Crippen molar-refractivity contribution in [1.29, 1.82) is 0 Å². The molecule has 3 N–H and O–H groups in total. The number of benzene rings is 1. The average molecular weight is 225 g/mol. The molecule has 0 radical (unpaired) electrons. The molecule has 0 amide bonds. The fourth-order valence-corrected chi connectivity index (χ4v) is 1.42. The van der Waals surface area contributed by atoms with Crippen molar-refractivity contribution in [3.8, 4) is 0 Å². The molecule has 3 heteroatoms. The highest BCUT2D eigenvalue weighted by Gasteiger charge is 2.23. The first-order chi connectivity index (χ1) is 7.30. The van der Waals surface area contributed by atoms with Gasteiger partial charge in [0.15, 0.2) is 0 Å². The summed E-state index contributed by atoms with van der Waals surface area (Å²) < 4.78 is 12.7. The second kappa shape index (κ2) is 4.93. The van der Waals surface area contributed by atoms with E-state index in [0.29, 0.717) is 12.0 Å². The summed E-state index contributed by atoms with van der Waals surface area (Å²) in [6.07, 6.45) is -0.149. The van der Waals surface area contributed by atoms with Crippen molar-refractivity contribution in [2.45, 2.75) is 39.3 Å². The van der Waals surface area contributed by atoms with Crippen molar-refractivity contribution in [1.82, 2.24) is 0 Å². The van der Waals surface area contributed by atoms with E-state index in [-0.39, 0.29) is 17.3 Å². The minimum Gasteiger partial charge on any atom is -0.388 e. The van der Waals surface area contributed by atoms with Gasteiger partial charge >= 0.3 is 0 Å². The Labute approximate surface area is 96.3 Å². The summed E-state index contributed by atoms with van der Waals surface area (Å²) in [4.78, 5) is 0. The first-order valence-electron chi connectivity index (χ1n) is 5.50. The third-order valence-corrected chi connectivity index (χ3v) is 2.84. The van der Waals surface area contributed by atoms with Gasteiger partial charge in [0.1, 0.15) is 5.82 Å². The number of aliphatic hydroxyl groups is 1. The second-order valence-corrected chi connectivity index (χ2v) is 5.28. The molecule has 2 nitrogen and oxygen atoms in total. The van der Waals surface area contributed by atoms with Gasteiger partial charge in [-0.1, -0.05) is 32.9 Å². The Hall–Kier alpha value is -0.930. The lowest BCUT2D eigenvalue weighted by molar-refractivity contribution is 0.133. The predicted molar refractivity (Wildman–Crippen MR) is 63.4 cm³/mol. The van der Waals surface area contributed by atoms with Gasteiger partial charge in [-0.3, -0.25) is 0 Å². The van der Waals surface area contributed by atoms with Crippen LogP contribution < -0.4 is 5.73 Å². The molecule has 0 saturated heterocycles. The minimum atomic E-state index is -0.630. The molecule has 0 heterocycles. The molecule has 0 saturated carbocycles. The number of hydrogen-bond acceptors (Lipinski definition) is 2. The van der Waals surface area contributed by atoms with Crippen LogP contribution in [0.25, 0.3) is 0 Å². The van der Waals surface area contributed by atoms with E-state index < -0.39 is 6.10 Å². The first kappa shape index (κ1) is 13.1. The van der Waals surface area contributed by atoms with Crippen LogP contribution in [0.15, 0.2) is 24.3 Å². The Morgan fingerprint density at radius 1 is 1.25 bits per heavy atom. The molecule has 0 unspecified atom stereocenters. The summed E-state index contributed by atoms with van der Waals surface area (Å²) >= 11 is 0. The van der Waals surface area contributed by atoms with Crippen molar-refractivity contribution in [2.75, 3.05) is 0 Å². The molecular weight excluding hydrogens is 205 g/mol. The topological polar surface area (TPSA) is 46.2 Å². The quantitative estimate of drug-likeness (QED) is 0.830. The molecule has 0 bridgehead atoms. The molecule has 1 aromatic rings. The highest BCUT2D eigenvalue weighted by molar-refractivity contribution is 5.18. The van der Waals surface area contributed by atoms with Gasteiger partial charge in [0.2, 0.25) is 0 Å². The molecular formula is C13H20FNO. The van der Waals surface area contributed by atoms with Crippen LogP contribution in [0.5, 0.6) is 0 Å². The normalized spacial score (nSPS) is 15.9. The van der Waals surface area contributed by atoms with E-state index in [1.54, 1.807) is 12.1 Å². The SMILES string of the molecule is CC(C)(C)[C@@H](N)C[C@H](O)c1ccc(F)cc1. The Morgan fingerprint density at radius 3 is 2.19 bits per heavy atom. The molecule has 1 aromatic carbocycles. The standard InChI is InChI=1S/C13H20FNO/c1-13(2,3)12(15)8-11(16)9-4-6-10(14)7-5-9/h4-7,11-12,16H,8,15H2,1-3H3/t11-,12-/m0/s1. The van der Waals surface area contributed by atoms with Gasteiger partial charge in [-0.25, -0.2) is 4.39 Å². The van der Waals surface area contributed by atoms with Gasteiger partial charge in [-0.05, 0) is 29.5 Å². The minimum absolute atomic E-state index is 0.0407. The maximum atomic E-state index is 12.7. The Balaban J connectivity index is 2.65. The van der Waals surface area contributed by atoms with Crippen molar-refractivity contribution >= 4 is 0 Å². The third kappa shape index (κ3) is 3.58. The third-order valence-electron chi connectivity index (χ3n) is 2.84. The molecule has 90 valence electrons. The zero-order valence-electron chi connectivity index (χ0n) is 10.1. The predicted octanol–water partition coefficient (Wildman–Crippen LogP) is 2.62. The van der Waals surface area contributed by atoms with E-state index in [9.17, 15) is 9.50 Å². The van der Waals surface area contributed by atoms with E-state index in [1.807, 2.05) is 20.8 Å². The monoisotopic (exact) mass is 225 g/mol. The number of nitrogens with two attached hydrogens (primary N) is 1. The molecule has 1 rings (SSSR count). The molecule has 16 heavy (non-hydrogen) atoms. The first-order valence-corrected chi connectivity index (χ1v) is 5.50. The smallest absolute Gasteiger partial charge is 0.123 e. The van der Waals surface area contributed by atoms with E-state index >= 15 is 0 Å². The molecule has 2 atom stereocenters. The van der Waals surface area contributed by atoms with Crippen LogP contribution in [-0.4, -0.2) is 11.1 Å². The molecule has 0 aliphatic carbocycles. The van der Waals surface area contributed by atoms with Crippen LogP contribution in [0.4, 0.5) is 4.39 Å². The number of halogens is 1. The fraction of sp³-hybridized carbons (Fsp3) is 0.538. The summed E-state index contributed by atoms with van der Waals surface area (Å²) in [5.41, 5.74) is 6.65. The average Bonchev–Trinajstić information content (AvgIpc) is 2.17. The zero-order chi connectivity index (χ0) is 12.3. The summed E-state index contributed by atoms with van der Waals surface area (Å²) in [5.74, 6) is -0.295. The maximum Gasteiger partial charge on any atom is 0.123 e. The lowest BCUT2D eigenvalue weighted by Crippen LogP contribution is -2.36. The largest absolute Gasteiger partial charge is 0.388 e. The van der Waals surface area contributed by atoms with Crippen LogP contribution in [-0.2, 0) is 0 Å². The molecule has 0 fully saturated rings. The zero-order valence-corrected chi connectivity index (χ0v) is 10.1. The van der Waals surface area contributed by atoms with Gasteiger partial charge < -0.3 is 10.8 Å². The van der Waals surface area contributed by atoms with Gasteiger partial charge in [-0.15, -0.1) is 0 Å². The number of aliphatic hydroxyl groups excluding tert-OH is 1. The highest BCUT2D eigenvalue weighted by atomic mass is 19.1. The summed E-state index contributed by atoms with van der Waals surface area (Å²) in [7, 11) is 0. The Bertz CT molecular complexity index is 329. The molecule has 0 aliphatic rings. The summed E-state index contributed by atoms with van der Waals surface area (Å²) in [6.45, 7) is 6.11. The van der Waals surface area contributed by atoms with Gasteiger partial charge in [0.25, 0.3) is 0 Å². The van der Waals surface area contributed by atoms with Gasteiger partial charge in [-0.2, -0.15) is 0 Å². The van der Waals surface area contributed by atoms with E-state index in [4.69, 9.17) is 5.73 Å². The Kier molecular flexibility index (Phi) is 4.05. The van der Waals surface area contributed by atoms with Crippen LogP contribution in [0.2, 0.25) is 0 Å². The molecule has 0 aliphatic heterocycles. The molecule has 0 spiro atoms. The number of hydrogen-bond donors (Lipinski definition) is 2. The summed E-state index contributed by atoms with van der Waals surface area (Å²) in [5, 5.41) is 9.94. The van der Waals surface area contributed by atoms with Crippen molar-refractivity contribution in [2.24, 2.45) is 11.1 Å².